The summed E-state index contributed by atoms with van der Waals surface area (Å²) in [4.78, 5) is 19.7. The van der Waals surface area contributed by atoms with E-state index in [0.29, 0.717) is 34.5 Å². The highest BCUT2D eigenvalue weighted by atomic mass is 16.5. The van der Waals surface area contributed by atoms with E-state index >= 15 is 0 Å². The highest BCUT2D eigenvalue weighted by Gasteiger charge is 2.36. The van der Waals surface area contributed by atoms with Crippen molar-refractivity contribution in [3.63, 3.8) is 0 Å². The summed E-state index contributed by atoms with van der Waals surface area (Å²) >= 11 is 0. The molecule has 8 nitrogen and oxygen atoms in total. The van der Waals surface area contributed by atoms with Gasteiger partial charge in [0.15, 0.2) is 11.5 Å². The number of ether oxygens (including phenoxy) is 2. The molecule has 0 aliphatic carbocycles. The minimum absolute atomic E-state index is 0.223. The number of rotatable bonds is 7. The van der Waals surface area contributed by atoms with Crippen molar-refractivity contribution in [1.82, 2.24) is 15.5 Å². The number of hydrogen-bond acceptors (Lipinski definition) is 6. The van der Waals surface area contributed by atoms with Gasteiger partial charge in [-0.15, -0.1) is 0 Å². The van der Waals surface area contributed by atoms with Crippen LogP contribution in [0.1, 0.15) is 36.9 Å². The van der Waals surface area contributed by atoms with E-state index < -0.39 is 6.04 Å². The largest absolute Gasteiger partial charge is 0.493 e. The molecule has 8 heteroatoms. The molecule has 1 aromatic heterocycles. The van der Waals surface area contributed by atoms with E-state index in [0.717, 1.165) is 23.2 Å². The Morgan fingerprint density at radius 3 is 2.38 bits per heavy atom. The van der Waals surface area contributed by atoms with Gasteiger partial charge >= 0.3 is 6.03 Å². The van der Waals surface area contributed by atoms with Crippen LogP contribution in [0.25, 0.3) is 17.0 Å². The summed E-state index contributed by atoms with van der Waals surface area (Å²) in [6.07, 6.45) is 0.920. The normalized spacial score (nSPS) is 15.5. The Kier molecular flexibility index (Phi) is 6.64. The van der Waals surface area contributed by atoms with Crippen LogP contribution in [0.2, 0.25) is 0 Å². The lowest BCUT2D eigenvalue weighted by molar-refractivity contribution is 0.244. The molecular formula is C29H28N4O4. The fourth-order valence-corrected chi connectivity index (χ4v) is 4.53. The van der Waals surface area contributed by atoms with Gasteiger partial charge in [-0.1, -0.05) is 54.5 Å². The van der Waals surface area contributed by atoms with Crippen LogP contribution >= 0.6 is 0 Å². The van der Waals surface area contributed by atoms with Gasteiger partial charge in [-0.3, -0.25) is 4.90 Å². The number of nitrogens with one attached hydrogen (secondary N) is 1. The Morgan fingerprint density at radius 2 is 1.70 bits per heavy atom. The van der Waals surface area contributed by atoms with Crippen molar-refractivity contribution >= 4 is 17.3 Å². The molecular weight excluding hydrogens is 468 g/mol. The molecule has 1 aliphatic rings. The van der Waals surface area contributed by atoms with Crippen LogP contribution in [0.3, 0.4) is 0 Å². The van der Waals surface area contributed by atoms with Gasteiger partial charge in [0.25, 0.3) is 5.89 Å². The van der Waals surface area contributed by atoms with E-state index in [-0.39, 0.29) is 6.03 Å². The molecule has 188 valence electrons. The van der Waals surface area contributed by atoms with Crippen molar-refractivity contribution in [3.05, 3.63) is 95.5 Å². The maximum Gasteiger partial charge on any atom is 0.326 e. The molecule has 0 saturated heterocycles. The third-order valence-electron chi connectivity index (χ3n) is 6.52. The van der Waals surface area contributed by atoms with Gasteiger partial charge in [0.05, 0.1) is 31.5 Å². The maximum atomic E-state index is 13.4. The van der Waals surface area contributed by atoms with Crippen molar-refractivity contribution in [2.75, 3.05) is 19.1 Å². The first-order chi connectivity index (χ1) is 18.0. The summed E-state index contributed by atoms with van der Waals surface area (Å²) in [6, 6.07) is 22.5. The number of carbonyl (C=O) groups excluding carboxylic acids is 1. The van der Waals surface area contributed by atoms with Gasteiger partial charge in [-0.25, -0.2) is 4.79 Å². The summed E-state index contributed by atoms with van der Waals surface area (Å²) in [7, 11) is 3.16. The van der Waals surface area contributed by atoms with Gasteiger partial charge in [0, 0.05) is 11.3 Å². The summed E-state index contributed by atoms with van der Waals surface area (Å²) in [5.41, 5.74) is 5.03. The number of allylic oxidation sites excluding steroid dienone is 1. The lowest BCUT2D eigenvalue weighted by Gasteiger charge is -2.35. The number of aromatic nitrogens is 2. The number of anilines is 1. The van der Waals surface area contributed by atoms with Gasteiger partial charge in [-0.05, 0) is 54.8 Å². The van der Waals surface area contributed by atoms with Gasteiger partial charge in [-0.2, -0.15) is 4.98 Å². The maximum absolute atomic E-state index is 13.4. The molecule has 3 aromatic carbocycles. The first kappa shape index (κ1) is 24.1. The lowest BCUT2D eigenvalue weighted by atomic mass is 9.94. The molecule has 2 amide bonds. The van der Waals surface area contributed by atoms with Crippen molar-refractivity contribution in [3.8, 4) is 22.9 Å². The number of nitrogens with zero attached hydrogens (tertiary/aromatic N) is 3. The average molecular weight is 497 g/mol. The summed E-state index contributed by atoms with van der Waals surface area (Å²) in [5.74, 6) is 1.90. The number of hydrogen-bond donors (Lipinski definition) is 1. The molecule has 1 unspecified atom stereocenters. The van der Waals surface area contributed by atoms with Crippen LogP contribution < -0.4 is 19.7 Å². The SMILES string of the molecule is CCc1ccc(N2C(=O)NC(c3ccccc3)C(c3nc(-c4ccc(OC)c(OC)c4)no3)=C2C)cc1. The molecule has 5 rings (SSSR count). The van der Waals surface area contributed by atoms with E-state index in [4.69, 9.17) is 19.0 Å². The van der Waals surface area contributed by atoms with Gasteiger partial charge in [0.1, 0.15) is 0 Å². The van der Waals surface area contributed by atoms with Crippen LogP contribution in [0.5, 0.6) is 11.5 Å². The van der Waals surface area contributed by atoms with Crippen molar-refractivity contribution in [2.24, 2.45) is 0 Å². The lowest BCUT2D eigenvalue weighted by Crippen LogP contribution is -2.46. The Hall–Kier alpha value is -4.59. The van der Waals surface area contributed by atoms with Crippen LogP contribution in [0.15, 0.2) is 83.0 Å². The van der Waals surface area contributed by atoms with Crippen LogP contribution in [-0.4, -0.2) is 30.4 Å². The fraction of sp³-hybridized carbons (Fsp3) is 0.207. The number of amides is 2. The van der Waals surface area contributed by atoms with Gasteiger partial charge < -0.3 is 19.3 Å². The highest BCUT2D eigenvalue weighted by Crippen LogP contribution is 2.39. The van der Waals surface area contributed by atoms with Crippen molar-refractivity contribution in [1.29, 1.82) is 0 Å². The molecule has 1 aliphatic heterocycles. The van der Waals surface area contributed by atoms with E-state index in [1.54, 1.807) is 31.3 Å². The fourth-order valence-electron chi connectivity index (χ4n) is 4.53. The third kappa shape index (κ3) is 4.53. The molecule has 0 spiro atoms. The standard InChI is InChI=1S/C29H28N4O4/c1-5-19-11-14-22(15-12-19)33-18(2)25(26(30-29(33)34)20-9-7-6-8-10-20)28-31-27(32-37-28)21-13-16-23(35-3)24(17-21)36-4/h6-17,26H,5H2,1-4H3,(H,30,34). The predicted octanol–water partition coefficient (Wildman–Crippen LogP) is 6.02. The quantitative estimate of drug-likeness (QED) is 0.337. The van der Waals surface area contributed by atoms with Crippen LogP contribution in [0.4, 0.5) is 10.5 Å². The molecule has 0 saturated carbocycles. The summed E-state index contributed by atoms with van der Waals surface area (Å²) < 4.78 is 16.6. The highest BCUT2D eigenvalue weighted by molar-refractivity contribution is 6.01. The Labute approximate surface area is 215 Å². The molecule has 0 radical (unpaired) electrons. The van der Waals surface area contributed by atoms with E-state index in [9.17, 15) is 4.79 Å². The van der Waals surface area contributed by atoms with Crippen LogP contribution in [-0.2, 0) is 6.42 Å². The minimum atomic E-state index is -0.460. The number of carbonyl (C=O) groups is 1. The first-order valence-electron chi connectivity index (χ1n) is 12.1. The third-order valence-corrected chi connectivity index (χ3v) is 6.52. The first-order valence-corrected chi connectivity index (χ1v) is 12.1. The molecule has 4 aromatic rings. The van der Waals surface area contributed by atoms with Crippen LogP contribution in [0, 0.1) is 0 Å². The second-order valence-electron chi connectivity index (χ2n) is 8.64. The van der Waals surface area contributed by atoms with E-state index in [2.05, 4.69) is 17.4 Å². The van der Waals surface area contributed by atoms with Crippen molar-refractivity contribution < 1.29 is 18.8 Å². The second-order valence-corrected chi connectivity index (χ2v) is 8.64. The molecule has 0 bridgehead atoms. The molecule has 37 heavy (non-hydrogen) atoms. The van der Waals surface area contributed by atoms with E-state index in [1.165, 1.54) is 5.56 Å². The second kappa shape index (κ2) is 10.2. The average Bonchev–Trinajstić information content (AvgIpc) is 3.43. The number of urea groups is 1. The topological polar surface area (TPSA) is 89.7 Å². The zero-order valence-electron chi connectivity index (χ0n) is 21.2. The monoisotopic (exact) mass is 496 g/mol. The summed E-state index contributed by atoms with van der Waals surface area (Å²) in [6.45, 7) is 4.00. The number of benzene rings is 3. The zero-order valence-corrected chi connectivity index (χ0v) is 21.2. The summed E-state index contributed by atoms with van der Waals surface area (Å²) in [5, 5.41) is 7.38. The Balaban J connectivity index is 1.62. The van der Waals surface area contributed by atoms with E-state index in [1.807, 2.05) is 67.6 Å². The van der Waals surface area contributed by atoms with Gasteiger partial charge in [0.2, 0.25) is 5.82 Å². The predicted molar refractivity (Wildman–Crippen MR) is 141 cm³/mol. The number of aryl methyl sites for hydroxylation is 1. The molecule has 0 fully saturated rings. The molecule has 1 N–H and O–H groups in total. The smallest absolute Gasteiger partial charge is 0.326 e. The molecule has 2 heterocycles. The zero-order chi connectivity index (χ0) is 25.9. The number of methoxy groups -OCH3 is 2. The molecule has 1 atom stereocenters. The van der Waals surface area contributed by atoms with Crippen molar-refractivity contribution in [2.45, 2.75) is 26.3 Å². The Bertz CT molecular complexity index is 1440. The Morgan fingerprint density at radius 1 is 0.973 bits per heavy atom. The minimum Gasteiger partial charge on any atom is -0.493 e.